The van der Waals surface area contributed by atoms with Gasteiger partial charge in [0.25, 0.3) is 0 Å². The first-order valence-electron chi connectivity index (χ1n) is 6.81. The lowest BCUT2D eigenvalue weighted by atomic mass is 9.85. The molecule has 2 N–H and O–H groups in total. The van der Waals surface area contributed by atoms with Gasteiger partial charge < -0.3 is 10.4 Å². The van der Waals surface area contributed by atoms with Crippen molar-refractivity contribution in [3.05, 3.63) is 35.2 Å². The summed E-state index contributed by atoms with van der Waals surface area (Å²) in [7, 11) is 0. The third-order valence-electron chi connectivity index (χ3n) is 3.56. The van der Waals surface area contributed by atoms with Crippen molar-refractivity contribution >= 4 is 21.4 Å². The molecule has 3 heteroatoms. The second kappa shape index (κ2) is 6.04. The van der Waals surface area contributed by atoms with Crippen molar-refractivity contribution < 1.29 is 5.11 Å². The first kappa shape index (κ1) is 14.5. The largest absolute Gasteiger partial charge is 0.396 e. The van der Waals surface area contributed by atoms with E-state index in [1.807, 2.05) is 0 Å². The monoisotopic (exact) mass is 277 g/mol. The van der Waals surface area contributed by atoms with E-state index in [9.17, 15) is 5.11 Å². The van der Waals surface area contributed by atoms with E-state index in [0.29, 0.717) is 6.04 Å². The molecule has 1 unspecified atom stereocenters. The van der Waals surface area contributed by atoms with Crippen molar-refractivity contribution in [2.75, 3.05) is 6.61 Å². The summed E-state index contributed by atoms with van der Waals surface area (Å²) in [6, 6.07) is 8.85. The Morgan fingerprint density at radius 2 is 2.00 bits per heavy atom. The molecule has 104 valence electrons. The first-order valence-corrected chi connectivity index (χ1v) is 7.69. The zero-order chi connectivity index (χ0) is 13.9. The molecule has 1 heterocycles. The highest BCUT2D eigenvalue weighted by atomic mass is 32.1. The molecule has 1 aromatic carbocycles. The highest BCUT2D eigenvalue weighted by Crippen LogP contribution is 2.27. The number of thiophene rings is 1. The Hall–Kier alpha value is -0.900. The number of benzene rings is 1. The van der Waals surface area contributed by atoms with E-state index >= 15 is 0 Å². The van der Waals surface area contributed by atoms with Crippen LogP contribution >= 0.6 is 11.3 Å². The van der Waals surface area contributed by atoms with Gasteiger partial charge in [-0.3, -0.25) is 0 Å². The van der Waals surface area contributed by atoms with E-state index in [2.05, 4.69) is 55.7 Å². The van der Waals surface area contributed by atoms with Crippen LogP contribution in [-0.4, -0.2) is 17.8 Å². The van der Waals surface area contributed by atoms with Gasteiger partial charge in [-0.25, -0.2) is 0 Å². The van der Waals surface area contributed by atoms with Crippen molar-refractivity contribution in [1.29, 1.82) is 0 Å². The Labute approximate surface area is 119 Å². The lowest BCUT2D eigenvalue weighted by molar-refractivity contribution is 0.196. The van der Waals surface area contributed by atoms with Crippen molar-refractivity contribution in [2.45, 2.75) is 39.8 Å². The standard InChI is InChI=1S/C16H23NOS/c1-16(2,3)15(8-9-18)17-10-12-11-19-14-7-5-4-6-13(12)14/h4-7,11,15,17-18H,8-10H2,1-3H3. The van der Waals surface area contributed by atoms with Gasteiger partial charge in [-0.05, 0) is 34.2 Å². The van der Waals surface area contributed by atoms with Crippen LogP contribution in [0.5, 0.6) is 0 Å². The van der Waals surface area contributed by atoms with Crippen LogP contribution in [0.1, 0.15) is 32.8 Å². The molecule has 0 aliphatic heterocycles. The van der Waals surface area contributed by atoms with Crippen LogP contribution in [-0.2, 0) is 6.54 Å². The predicted molar refractivity (Wildman–Crippen MR) is 83.6 cm³/mol. The lowest BCUT2D eigenvalue weighted by Crippen LogP contribution is -2.40. The van der Waals surface area contributed by atoms with E-state index in [4.69, 9.17) is 0 Å². The molecule has 0 bridgehead atoms. The zero-order valence-corrected chi connectivity index (χ0v) is 12.8. The minimum Gasteiger partial charge on any atom is -0.396 e. The van der Waals surface area contributed by atoms with Gasteiger partial charge in [0.2, 0.25) is 0 Å². The van der Waals surface area contributed by atoms with Gasteiger partial charge in [0.15, 0.2) is 0 Å². The molecule has 1 atom stereocenters. The molecule has 0 radical (unpaired) electrons. The number of hydrogen-bond donors (Lipinski definition) is 2. The van der Waals surface area contributed by atoms with E-state index in [0.717, 1.165) is 13.0 Å². The molecule has 0 spiro atoms. The average molecular weight is 277 g/mol. The maximum atomic E-state index is 9.19. The van der Waals surface area contributed by atoms with Crippen LogP contribution in [0.4, 0.5) is 0 Å². The number of fused-ring (bicyclic) bond motifs is 1. The highest BCUT2D eigenvalue weighted by Gasteiger charge is 2.23. The highest BCUT2D eigenvalue weighted by molar-refractivity contribution is 7.17. The van der Waals surface area contributed by atoms with Crippen LogP contribution in [0.15, 0.2) is 29.6 Å². The summed E-state index contributed by atoms with van der Waals surface area (Å²) in [6.07, 6.45) is 0.797. The second-order valence-corrected chi connectivity index (χ2v) is 6.98. The summed E-state index contributed by atoms with van der Waals surface area (Å²) in [5.41, 5.74) is 1.52. The Morgan fingerprint density at radius 3 is 2.68 bits per heavy atom. The number of hydrogen-bond acceptors (Lipinski definition) is 3. The number of nitrogens with one attached hydrogen (secondary N) is 1. The van der Waals surface area contributed by atoms with Crippen LogP contribution in [0.25, 0.3) is 10.1 Å². The molecule has 2 aromatic rings. The number of aliphatic hydroxyl groups excluding tert-OH is 1. The second-order valence-electron chi connectivity index (χ2n) is 6.07. The molecule has 2 rings (SSSR count). The summed E-state index contributed by atoms with van der Waals surface area (Å²) < 4.78 is 1.34. The summed E-state index contributed by atoms with van der Waals surface area (Å²) in [5.74, 6) is 0. The van der Waals surface area contributed by atoms with Crippen molar-refractivity contribution in [3.63, 3.8) is 0 Å². The Bertz CT molecular complexity index is 527. The van der Waals surface area contributed by atoms with E-state index in [1.165, 1.54) is 15.6 Å². The Morgan fingerprint density at radius 1 is 1.26 bits per heavy atom. The third-order valence-corrected chi connectivity index (χ3v) is 4.58. The minimum atomic E-state index is 0.161. The molecule has 0 aliphatic rings. The molecular formula is C16H23NOS. The van der Waals surface area contributed by atoms with Gasteiger partial charge >= 0.3 is 0 Å². The third kappa shape index (κ3) is 3.56. The number of rotatable bonds is 5. The number of aliphatic hydroxyl groups is 1. The van der Waals surface area contributed by atoms with Crippen LogP contribution in [0, 0.1) is 5.41 Å². The lowest BCUT2D eigenvalue weighted by Gasteiger charge is -2.31. The molecule has 0 saturated carbocycles. The Kier molecular flexibility index (Phi) is 4.61. The maximum Gasteiger partial charge on any atom is 0.0446 e. The summed E-state index contributed by atoms with van der Waals surface area (Å²) in [5, 5.41) is 16.4. The van der Waals surface area contributed by atoms with Crippen LogP contribution in [0.2, 0.25) is 0 Å². The fraction of sp³-hybridized carbons (Fsp3) is 0.500. The normalized spacial score (nSPS) is 13.9. The molecule has 1 aromatic heterocycles. The van der Waals surface area contributed by atoms with Crippen molar-refractivity contribution in [2.24, 2.45) is 5.41 Å². The topological polar surface area (TPSA) is 32.3 Å². The molecule has 19 heavy (non-hydrogen) atoms. The smallest absolute Gasteiger partial charge is 0.0446 e. The van der Waals surface area contributed by atoms with Gasteiger partial charge in [-0.2, -0.15) is 0 Å². The van der Waals surface area contributed by atoms with Crippen LogP contribution in [0.3, 0.4) is 0 Å². The summed E-state index contributed by atoms with van der Waals surface area (Å²) in [4.78, 5) is 0. The molecule has 0 aliphatic carbocycles. The molecule has 0 saturated heterocycles. The van der Waals surface area contributed by atoms with Crippen LogP contribution < -0.4 is 5.32 Å². The summed E-state index contributed by atoms with van der Waals surface area (Å²) in [6.45, 7) is 7.75. The van der Waals surface area contributed by atoms with E-state index < -0.39 is 0 Å². The molecule has 0 fully saturated rings. The zero-order valence-electron chi connectivity index (χ0n) is 11.9. The molecular weight excluding hydrogens is 254 g/mol. The molecule has 2 nitrogen and oxygen atoms in total. The molecule has 0 amide bonds. The SMILES string of the molecule is CC(C)(C)C(CCO)NCc1csc2ccccc12. The maximum absolute atomic E-state index is 9.19. The van der Waals surface area contributed by atoms with E-state index in [1.54, 1.807) is 11.3 Å². The average Bonchev–Trinajstić information content (AvgIpc) is 2.76. The minimum absolute atomic E-state index is 0.161. The van der Waals surface area contributed by atoms with Gasteiger partial charge in [0.05, 0.1) is 0 Å². The fourth-order valence-electron chi connectivity index (χ4n) is 2.37. The van der Waals surface area contributed by atoms with Crippen molar-refractivity contribution in [3.8, 4) is 0 Å². The van der Waals surface area contributed by atoms with Gasteiger partial charge in [-0.15, -0.1) is 11.3 Å². The van der Waals surface area contributed by atoms with Crippen molar-refractivity contribution in [1.82, 2.24) is 5.32 Å². The van der Waals surface area contributed by atoms with Gasteiger partial charge in [0.1, 0.15) is 0 Å². The van der Waals surface area contributed by atoms with E-state index in [-0.39, 0.29) is 12.0 Å². The van der Waals surface area contributed by atoms with Gasteiger partial charge in [-0.1, -0.05) is 39.0 Å². The van der Waals surface area contributed by atoms with Gasteiger partial charge in [0, 0.05) is 23.9 Å². The quantitative estimate of drug-likeness (QED) is 0.871. The Balaban J connectivity index is 2.08. The fourth-order valence-corrected chi connectivity index (χ4v) is 3.34. The summed E-state index contributed by atoms with van der Waals surface area (Å²) >= 11 is 1.80. The first-order chi connectivity index (χ1) is 9.02. The predicted octanol–water partition coefficient (Wildman–Crippen LogP) is 3.79.